The van der Waals surface area contributed by atoms with Gasteiger partial charge in [-0.15, -0.1) is 0 Å². The van der Waals surface area contributed by atoms with Gasteiger partial charge in [-0.05, 0) is 80.4 Å². The molecule has 0 bridgehead atoms. The number of aromatic nitrogens is 2. The maximum absolute atomic E-state index is 13.2. The summed E-state index contributed by atoms with van der Waals surface area (Å²) in [6.45, 7) is 5.04. The van der Waals surface area contributed by atoms with Crippen molar-refractivity contribution in [2.75, 3.05) is 17.2 Å². The molecule has 1 aromatic heterocycles. The van der Waals surface area contributed by atoms with E-state index in [1.807, 2.05) is 6.92 Å². The summed E-state index contributed by atoms with van der Waals surface area (Å²) >= 11 is 0. The van der Waals surface area contributed by atoms with E-state index >= 15 is 0 Å². The molecule has 8 nitrogen and oxygen atoms in total. The molecule has 188 valence electrons. The summed E-state index contributed by atoms with van der Waals surface area (Å²) in [5.74, 6) is 4.67. The molecular formula is C30H25N5O3. The van der Waals surface area contributed by atoms with E-state index in [9.17, 15) is 14.9 Å². The molecule has 0 unspecified atom stereocenters. The number of carbonyl (C=O) groups excluding carboxylic acids is 2. The van der Waals surface area contributed by atoms with Crippen molar-refractivity contribution in [2.24, 2.45) is 0 Å². The van der Waals surface area contributed by atoms with E-state index in [0.29, 0.717) is 44.7 Å². The number of anilines is 2. The summed E-state index contributed by atoms with van der Waals surface area (Å²) in [7, 11) is 0. The minimum Gasteiger partial charge on any atom is -0.384 e. The van der Waals surface area contributed by atoms with Gasteiger partial charge in [-0.3, -0.25) is 19.6 Å². The number of aliphatic hydroxyl groups excluding tert-OH is 1. The van der Waals surface area contributed by atoms with Crippen LogP contribution in [-0.2, 0) is 5.41 Å². The molecular weight excluding hydrogens is 478 g/mol. The number of nitrogens with one attached hydrogen (secondary N) is 2. The fraction of sp³-hybridized carbons (Fsp3) is 0.167. The quantitative estimate of drug-likeness (QED) is 0.342. The number of hydrogen-bond acceptors (Lipinski definition) is 6. The maximum atomic E-state index is 13.2. The van der Waals surface area contributed by atoms with Crippen LogP contribution in [0.25, 0.3) is 11.0 Å². The SMILES string of the molecule is Cc1ccc(NC(=O)c2cc(C#CCO)cc(C(C)(C)C#N)c2)cc1NC(=O)c1ccc2nccnc2c1. The van der Waals surface area contributed by atoms with Crippen molar-refractivity contribution in [2.45, 2.75) is 26.2 Å². The largest absolute Gasteiger partial charge is 0.384 e. The van der Waals surface area contributed by atoms with E-state index < -0.39 is 11.3 Å². The van der Waals surface area contributed by atoms with Crippen LogP contribution in [0.15, 0.2) is 67.0 Å². The number of benzene rings is 3. The molecule has 38 heavy (non-hydrogen) atoms. The van der Waals surface area contributed by atoms with Crippen LogP contribution in [-0.4, -0.2) is 33.5 Å². The normalized spacial score (nSPS) is 10.7. The Balaban J connectivity index is 1.58. The molecule has 8 heteroatoms. The Labute approximate surface area is 220 Å². The van der Waals surface area contributed by atoms with Gasteiger partial charge in [0, 0.05) is 40.5 Å². The predicted octanol–water partition coefficient (Wildman–Crippen LogP) is 4.59. The van der Waals surface area contributed by atoms with Gasteiger partial charge in [0.1, 0.15) is 6.61 Å². The van der Waals surface area contributed by atoms with Gasteiger partial charge < -0.3 is 15.7 Å². The lowest BCUT2D eigenvalue weighted by molar-refractivity contribution is 0.101. The van der Waals surface area contributed by atoms with Gasteiger partial charge in [-0.2, -0.15) is 5.26 Å². The highest BCUT2D eigenvalue weighted by Crippen LogP contribution is 2.26. The molecule has 0 saturated heterocycles. The first-order valence-corrected chi connectivity index (χ1v) is 11.8. The summed E-state index contributed by atoms with van der Waals surface area (Å²) in [4.78, 5) is 34.6. The van der Waals surface area contributed by atoms with Gasteiger partial charge in [0.05, 0.1) is 22.5 Å². The molecule has 0 spiro atoms. The molecule has 4 rings (SSSR count). The van der Waals surface area contributed by atoms with Crippen LogP contribution >= 0.6 is 0 Å². The maximum Gasteiger partial charge on any atom is 0.255 e. The molecule has 1 heterocycles. The second kappa shape index (κ2) is 10.9. The molecule has 0 aliphatic carbocycles. The molecule has 0 aliphatic rings. The van der Waals surface area contributed by atoms with E-state index in [2.05, 4.69) is 38.5 Å². The van der Waals surface area contributed by atoms with E-state index in [0.717, 1.165) is 5.56 Å². The molecule has 3 N–H and O–H groups in total. The third kappa shape index (κ3) is 5.84. The predicted molar refractivity (Wildman–Crippen MR) is 146 cm³/mol. The van der Waals surface area contributed by atoms with Crippen molar-refractivity contribution in [3.8, 4) is 17.9 Å². The van der Waals surface area contributed by atoms with Crippen LogP contribution < -0.4 is 10.6 Å². The number of carbonyl (C=O) groups is 2. The number of fused-ring (bicyclic) bond motifs is 1. The highest BCUT2D eigenvalue weighted by Gasteiger charge is 2.22. The summed E-state index contributed by atoms with van der Waals surface area (Å²) in [6, 6.07) is 17.5. The first-order valence-electron chi connectivity index (χ1n) is 11.8. The first kappa shape index (κ1) is 26.0. The molecule has 0 aliphatic heterocycles. The number of aryl methyl sites for hydroxylation is 1. The van der Waals surface area contributed by atoms with E-state index in [4.69, 9.17) is 5.11 Å². The minimum absolute atomic E-state index is 0.316. The molecule has 0 saturated carbocycles. The number of amides is 2. The van der Waals surface area contributed by atoms with Gasteiger partial charge in [0.15, 0.2) is 0 Å². The van der Waals surface area contributed by atoms with Gasteiger partial charge in [-0.25, -0.2) is 0 Å². The topological polar surface area (TPSA) is 128 Å². The Bertz CT molecular complexity index is 1660. The van der Waals surface area contributed by atoms with Crippen LogP contribution in [0.1, 0.15) is 51.3 Å². The van der Waals surface area contributed by atoms with E-state index in [1.165, 1.54) is 0 Å². The smallest absolute Gasteiger partial charge is 0.255 e. The number of aliphatic hydroxyl groups is 1. The summed E-state index contributed by atoms with van der Waals surface area (Å²) in [6.07, 6.45) is 3.16. The number of nitrogens with zero attached hydrogens (tertiary/aromatic N) is 3. The monoisotopic (exact) mass is 503 g/mol. The number of rotatable bonds is 5. The Morgan fingerprint density at radius 2 is 1.66 bits per heavy atom. The molecule has 0 fully saturated rings. The minimum atomic E-state index is -0.846. The van der Waals surface area contributed by atoms with Crippen LogP contribution in [0, 0.1) is 30.1 Å². The van der Waals surface area contributed by atoms with Crippen molar-refractivity contribution in [1.82, 2.24) is 9.97 Å². The molecule has 4 aromatic rings. The van der Waals surface area contributed by atoms with Gasteiger partial charge in [0.25, 0.3) is 11.8 Å². The Morgan fingerprint density at radius 3 is 2.39 bits per heavy atom. The van der Waals surface area contributed by atoms with Crippen molar-refractivity contribution < 1.29 is 14.7 Å². The molecule has 3 aromatic carbocycles. The highest BCUT2D eigenvalue weighted by molar-refractivity contribution is 6.07. The summed E-state index contributed by atoms with van der Waals surface area (Å²) < 4.78 is 0. The zero-order chi connectivity index (χ0) is 27.3. The molecule has 0 atom stereocenters. The average molecular weight is 504 g/mol. The van der Waals surface area contributed by atoms with Crippen molar-refractivity contribution >= 4 is 34.2 Å². The summed E-state index contributed by atoms with van der Waals surface area (Å²) in [5, 5.41) is 24.4. The third-order valence-electron chi connectivity index (χ3n) is 5.98. The van der Waals surface area contributed by atoms with E-state index in [-0.39, 0.29) is 12.5 Å². The zero-order valence-electron chi connectivity index (χ0n) is 21.2. The van der Waals surface area contributed by atoms with Crippen molar-refractivity contribution in [3.05, 3.63) is 94.8 Å². The molecule has 0 radical (unpaired) electrons. The standard InChI is InChI=1S/C30H25N5O3/c1-19-6-8-24(17-26(19)35-28(37)21-7-9-25-27(16-21)33-11-10-32-25)34-29(38)22-13-20(5-4-12-36)14-23(15-22)30(2,3)18-31/h6-11,13-17,36H,12H2,1-3H3,(H,34,38)(H,35,37). The number of nitriles is 1. The van der Waals surface area contributed by atoms with Gasteiger partial charge in [0.2, 0.25) is 0 Å². The Hall–Kier alpha value is -5.05. The van der Waals surface area contributed by atoms with Crippen molar-refractivity contribution in [3.63, 3.8) is 0 Å². The van der Waals surface area contributed by atoms with Crippen LogP contribution in [0.3, 0.4) is 0 Å². The fourth-order valence-corrected chi connectivity index (χ4v) is 3.73. The zero-order valence-corrected chi connectivity index (χ0v) is 21.2. The van der Waals surface area contributed by atoms with Crippen LogP contribution in [0.2, 0.25) is 0 Å². The van der Waals surface area contributed by atoms with Crippen LogP contribution in [0.5, 0.6) is 0 Å². The Kier molecular flexibility index (Phi) is 7.48. The first-order chi connectivity index (χ1) is 18.2. The highest BCUT2D eigenvalue weighted by atomic mass is 16.2. The number of hydrogen-bond donors (Lipinski definition) is 3. The Morgan fingerprint density at radius 1 is 0.921 bits per heavy atom. The lowest BCUT2D eigenvalue weighted by Gasteiger charge is -2.18. The fourth-order valence-electron chi connectivity index (χ4n) is 3.73. The second-order valence-electron chi connectivity index (χ2n) is 9.19. The summed E-state index contributed by atoms with van der Waals surface area (Å²) in [5.41, 5.74) is 4.19. The molecule has 2 amide bonds. The lowest BCUT2D eigenvalue weighted by atomic mass is 9.84. The van der Waals surface area contributed by atoms with E-state index in [1.54, 1.807) is 80.8 Å². The van der Waals surface area contributed by atoms with Crippen LogP contribution in [0.4, 0.5) is 11.4 Å². The average Bonchev–Trinajstić information content (AvgIpc) is 2.93. The second-order valence-corrected chi connectivity index (χ2v) is 9.19. The van der Waals surface area contributed by atoms with Gasteiger partial charge in [-0.1, -0.05) is 17.9 Å². The van der Waals surface area contributed by atoms with Gasteiger partial charge >= 0.3 is 0 Å². The lowest BCUT2D eigenvalue weighted by Crippen LogP contribution is -2.18. The van der Waals surface area contributed by atoms with Crippen molar-refractivity contribution in [1.29, 1.82) is 5.26 Å². The third-order valence-corrected chi connectivity index (χ3v) is 5.98.